The second kappa shape index (κ2) is 6.86. The highest BCUT2D eigenvalue weighted by molar-refractivity contribution is 5.96. The van der Waals surface area contributed by atoms with Gasteiger partial charge in [-0.2, -0.15) is 8.78 Å². The van der Waals surface area contributed by atoms with E-state index >= 15 is 0 Å². The van der Waals surface area contributed by atoms with Crippen LogP contribution in [0.5, 0.6) is 0 Å². The van der Waals surface area contributed by atoms with Gasteiger partial charge in [0, 0.05) is 12.4 Å². The van der Waals surface area contributed by atoms with Crippen molar-refractivity contribution >= 4 is 5.91 Å². The van der Waals surface area contributed by atoms with E-state index in [2.05, 4.69) is 16.8 Å². The molecule has 0 spiro atoms. The van der Waals surface area contributed by atoms with Crippen molar-refractivity contribution in [3.63, 3.8) is 0 Å². The van der Waals surface area contributed by atoms with Crippen LogP contribution in [0.25, 0.3) is 0 Å². The molecule has 0 radical (unpaired) electrons. The second-order valence-electron chi connectivity index (χ2n) is 3.67. The van der Waals surface area contributed by atoms with Gasteiger partial charge in [0.1, 0.15) is 0 Å². The van der Waals surface area contributed by atoms with Gasteiger partial charge in [-0.05, 0) is 6.07 Å². The lowest BCUT2D eigenvalue weighted by Crippen LogP contribution is -2.41. The number of halogens is 4. The maximum absolute atomic E-state index is 12.7. The predicted molar refractivity (Wildman–Crippen MR) is 63.5 cm³/mol. The van der Waals surface area contributed by atoms with Gasteiger partial charge in [-0.15, -0.1) is 0 Å². The Kier molecular flexibility index (Phi) is 5.46. The lowest BCUT2D eigenvalue weighted by molar-refractivity contribution is -0.123. The molecule has 0 saturated heterocycles. The average Bonchev–Trinajstić information content (AvgIpc) is 2.42. The summed E-state index contributed by atoms with van der Waals surface area (Å²) in [5.41, 5.74) is 5.32. The minimum absolute atomic E-state index is 0.0361. The summed E-state index contributed by atoms with van der Waals surface area (Å²) in [5, 5.41) is 1.74. The van der Waals surface area contributed by atoms with Gasteiger partial charge in [-0.25, -0.2) is 8.78 Å². The van der Waals surface area contributed by atoms with E-state index in [9.17, 15) is 22.4 Å². The molecule has 8 heteroatoms. The Bertz CT molecular complexity index is 537. The molecular weight excluding hydrogens is 278 g/mol. The van der Waals surface area contributed by atoms with Crippen LogP contribution >= 0.6 is 0 Å². The van der Waals surface area contributed by atoms with Crippen LogP contribution in [0, 0.1) is 11.8 Å². The van der Waals surface area contributed by atoms with Gasteiger partial charge in [0.25, 0.3) is 5.91 Å². The molecule has 0 aliphatic carbocycles. The van der Waals surface area contributed by atoms with Crippen molar-refractivity contribution < 1.29 is 22.4 Å². The number of carbonyl (C=O) groups is 1. The van der Waals surface area contributed by atoms with Crippen LogP contribution < -0.4 is 11.1 Å². The topological polar surface area (TPSA) is 68.0 Å². The molecule has 1 rings (SSSR count). The number of pyridine rings is 1. The summed E-state index contributed by atoms with van der Waals surface area (Å²) in [7, 11) is 0. The maximum atomic E-state index is 12.7. The van der Waals surface area contributed by atoms with Crippen molar-refractivity contribution in [1.82, 2.24) is 10.3 Å². The van der Waals surface area contributed by atoms with Crippen molar-refractivity contribution in [3.8, 4) is 11.8 Å². The van der Waals surface area contributed by atoms with Gasteiger partial charge in [-0.1, -0.05) is 11.8 Å². The standard InChI is InChI=1S/C12H11F4N3O/c13-11(14)12(15,16)7-19-10(20)9-3-5-18-6-8(9)2-1-4-17/h3,5-6,11H,4,7,17H2,(H,19,20). The minimum atomic E-state index is -4.29. The Labute approximate surface area is 112 Å². The number of hydrogen-bond donors (Lipinski definition) is 2. The normalized spacial score (nSPS) is 10.9. The predicted octanol–water partition coefficient (Wildman–Crippen LogP) is 1.02. The molecule has 20 heavy (non-hydrogen) atoms. The van der Waals surface area contributed by atoms with Crippen molar-refractivity contribution in [2.45, 2.75) is 12.3 Å². The Morgan fingerprint density at radius 2 is 2.20 bits per heavy atom. The van der Waals surface area contributed by atoms with E-state index in [0.29, 0.717) is 0 Å². The van der Waals surface area contributed by atoms with Crippen molar-refractivity contribution in [1.29, 1.82) is 0 Å². The second-order valence-corrected chi connectivity index (χ2v) is 3.67. The first-order valence-corrected chi connectivity index (χ1v) is 5.45. The van der Waals surface area contributed by atoms with Crippen LogP contribution in [0.4, 0.5) is 17.6 Å². The zero-order chi connectivity index (χ0) is 15.2. The van der Waals surface area contributed by atoms with Crippen LogP contribution in [-0.2, 0) is 0 Å². The number of amides is 1. The third kappa shape index (κ3) is 4.20. The molecule has 0 aliphatic heterocycles. The molecule has 0 unspecified atom stereocenters. The van der Waals surface area contributed by atoms with Crippen LogP contribution in [0.2, 0.25) is 0 Å². The fourth-order valence-electron chi connectivity index (χ4n) is 1.21. The van der Waals surface area contributed by atoms with Crippen LogP contribution in [0.3, 0.4) is 0 Å². The maximum Gasteiger partial charge on any atom is 0.324 e. The van der Waals surface area contributed by atoms with Crippen molar-refractivity contribution in [2.24, 2.45) is 5.73 Å². The van der Waals surface area contributed by atoms with Gasteiger partial charge in [0.15, 0.2) is 0 Å². The molecule has 0 atom stereocenters. The number of nitrogens with two attached hydrogens (primary N) is 1. The molecule has 4 nitrogen and oxygen atoms in total. The Hall–Kier alpha value is -2.14. The van der Waals surface area contributed by atoms with E-state index in [-0.39, 0.29) is 17.7 Å². The zero-order valence-corrected chi connectivity index (χ0v) is 10.2. The molecule has 1 amide bonds. The summed E-state index contributed by atoms with van der Waals surface area (Å²) in [6, 6.07) is 1.25. The smallest absolute Gasteiger partial charge is 0.324 e. The number of alkyl halides is 4. The van der Waals surface area contributed by atoms with E-state index in [0.717, 1.165) is 0 Å². The third-order valence-electron chi connectivity index (χ3n) is 2.19. The monoisotopic (exact) mass is 289 g/mol. The Balaban J connectivity index is 2.83. The molecule has 0 fully saturated rings. The minimum Gasteiger partial charge on any atom is -0.346 e. The largest absolute Gasteiger partial charge is 0.346 e. The molecule has 1 heterocycles. The molecule has 0 aliphatic rings. The summed E-state index contributed by atoms with van der Waals surface area (Å²) >= 11 is 0. The number of hydrogen-bond acceptors (Lipinski definition) is 3. The summed E-state index contributed by atoms with van der Waals surface area (Å²) in [4.78, 5) is 15.4. The molecule has 3 N–H and O–H groups in total. The highest BCUT2D eigenvalue weighted by Crippen LogP contribution is 2.21. The highest BCUT2D eigenvalue weighted by atomic mass is 19.3. The summed E-state index contributed by atoms with van der Waals surface area (Å²) < 4.78 is 49.3. The quantitative estimate of drug-likeness (QED) is 0.642. The lowest BCUT2D eigenvalue weighted by atomic mass is 10.1. The van der Waals surface area contributed by atoms with Crippen LogP contribution in [0.1, 0.15) is 15.9 Å². The molecule has 1 aromatic rings. The molecule has 1 aromatic heterocycles. The van der Waals surface area contributed by atoms with Crippen molar-refractivity contribution in [2.75, 3.05) is 13.1 Å². The molecule has 0 aromatic carbocycles. The summed E-state index contributed by atoms with van der Waals surface area (Å²) in [6.45, 7) is -1.42. The fraction of sp³-hybridized carbons (Fsp3) is 0.333. The first-order chi connectivity index (χ1) is 9.38. The van der Waals surface area contributed by atoms with Gasteiger partial charge in [0.05, 0.1) is 24.2 Å². The van der Waals surface area contributed by atoms with E-state index in [4.69, 9.17) is 5.73 Å². The van der Waals surface area contributed by atoms with E-state index < -0.39 is 24.8 Å². The van der Waals surface area contributed by atoms with E-state index in [1.165, 1.54) is 18.5 Å². The Morgan fingerprint density at radius 3 is 2.80 bits per heavy atom. The first-order valence-electron chi connectivity index (χ1n) is 5.45. The van der Waals surface area contributed by atoms with Gasteiger partial charge < -0.3 is 11.1 Å². The average molecular weight is 289 g/mol. The molecule has 0 saturated carbocycles. The van der Waals surface area contributed by atoms with Gasteiger partial charge in [0.2, 0.25) is 0 Å². The van der Waals surface area contributed by atoms with Crippen LogP contribution in [0.15, 0.2) is 18.5 Å². The first kappa shape index (κ1) is 15.9. The number of nitrogens with one attached hydrogen (secondary N) is 1. The Morgan fingerprint density at radius 1 is 1.50 bits per heavy atom. The molecular formula is C12H11F4N3O. The van der Waals surface area contributed by atoms with E-state index in [1.54, 1.807) is 5.32 Å². The summed E-state index contributed by atoms with van der Waals surface area (Å²) in [5.74, 6) is -0.202. The fourth-order valence-corrected chi connectivity index (χ4v) is 1.21. The van der Waals surface area contributed by atoms with Crippen LogP contribution in [-0.4, -0.2) is 36.3 Å². The molecule has 108 valence electrons. The lowest BCUT2D eigenvalue weighted by Gasteiger charge is -2.15. The highest BCUT2D eigenvalue weighted by Gasteiger charge is 2.40. The van der Waals surface area contributed by atoms with Gasteiger partial charge in [-0.3, -0.25) is 9.78 Å². The molecule has 0 bridgehead atoms. The number of carbonyl (C=O) groups excluding carboxylic acids is 1. The number of rotatable bonds is 4. The van der Waals surface area contributed by atoms with E-state index in [1.807, 2.05) is 0 Å². The SMILES string of the molecule is NCC#Cc1cnccc1C(=O)NCC(F)(F)C(F)F. The number of aromatic nitrogens is 1. The summed E-state index contributed by atoms with van der Waals surface area (Å²) in [6.07, 6.45) is -1.34. The van der Waals surface area contributed by atoms with Crippen molar-refractivity contribution in [3.05, 3.63) is 29.6 Å². The third-order valence-corrected chi connectivity index (χ3v) is 2.19. The zero-order valence-electron chi connectivity index (χ0n) is 10.2. The number of nitrogens with zero attached hydrogens (tertiary/aromatic N) is 1. The van der Waals surface area contributed by atoms with Gasteiger partial charge >= 0.3 is 12.3 Å².